The molecule has 0 aromatic heterocycles. The molecule has 0 spiro atoms. The minimum absolute atomic E-state index is 0.991. The van der Waals surface area contributed by atoms with Gasteiger partial charge >= 0.3 is 0 Å². The van der Waals surface area contributed by atoms with Crippen molar-refractivity contribution in [2.24, 2.45) is 4.99 Å². The first-order valence-electron chi connectivity index (χ1n) is 6.00. The Balaban J connectivity index is 2.16. The van der Waals surface area contributed by atoms with Crippen LogP contribution < -0.4 is 0 Å². The van der Waals surface area contributed by atoms with Crippen LogP contribution in [-0.4, -0.2) is 6.21 Å². The highest BCUT2D eigenvalue weighted by Crippen LogP contribution is 2.34. The number of allylic oxidation sites excluding steroid dienone is 5. The molecule has 0 saturated heterocycles. The zero-order valence-electron chi connectivity index (χ0n) is 11.0. The third-order valence-corrected chi connectivity index (χ3v) is 4.16. The highest BCUT2D eigenvalue weighted by molar-refractivity contribution is 8.07. The van der Waals surface area contributed by atoms with E-state index in [2.05, 4.69) is 37.9 Å². The van der Waals surface area contributed by atoms with Crippen LogP contribution in [-0.2, 0) is 0 Å². The molecule has 0 atom stereocenters. The quantitative estimate of drug-likeness (QED) is 0.657. The maximum absolute atomic E-state index is 4.48. The van der Waals surface area contributed by atoms with Crippen LogP contribution >= 0.6 is 11.8 Å². The molecule has 1 aromatic carbocycles. The van der Waals surface area contributed by atoms with Gasteiger partial charge in [-0.1, -0.05) is 36.0 Å². The lowest BCUT2D eigenvalue weighted by atomic mass is 10.2. The largest absolute Gasteiger partial charge is 0.257 e. The highest BCUT2D eigenvalue weighted by Gasteiger charge is 2.06. The van der Waals surface area contributed by atoms with Crippen LogP contribution in [0.15, 0.2) is 68.4 Å². The Hall–Kier alpha value is -1.54. The molecular weight excluding hydrogens is 238 g/mol. The maximum atomic E-state index is 4.48. The van der Waals surface area contributed by atoms with Crippen molar-refractivity contribution in [3.8, 4) is 0 Å². The van der Waals surface area contributed by atoms with E-state index in [1.54, 1.807) is 0 Å². The summed E-state index contributed by atoms with van der Waals surface area (Å²) in [4.78, 5) is 7.12. The van der Waals surface area contributed by atoms with E-state index in [1.807, 2.05) is 48.3 Å². The fourth-order valence-electron chi connectivity index (χ4n) is 1.56. The molecule has 0 amide bonds. The molecule has 18 heavy (non-hydrogen) atoms. The van der Waals surface area contributed by atoms with E-state index >= 15 is 0 Å². The Morgan fingerprint density at radius 3 is 2.50 bits per heavy atom. The first-order chi connectivity index (χ1) is 8.66. The van der Waals surface area contributed by atoms with Gasteiger partial charge in [0.25, 0.3) is 0 Å². The number of benzene rings is 1. The van der Waals surface area contributed by atoms with Crippen molar-refractivity contribution >= 4 is 23.7 Å². The fraction of sp³-hybridized carbons (Fsp3) is 0.188. The average molecular weight is 255 g/mol. The van der Waals surface area contributed by atoms with E-state index in [9.17, 15) is 0 Å². The number of hydrogen-bond acceptors (Lipinski definition) is 2. The molecule has 0 radical (unpaired) electrons. The lowest BCUT2D eigenvalue weighted by molar-refractivity contribution is 1.42. The van der Waals surface area contributed by atoms with Crippen molar-refractivity contribution in [2.75, 3.05) is 0 Å². The minimum Gasteiger partial charge on any atom is -0.257 e. The van der Waals surface area contributed by atoms with E-state index in [1.165, 1.54) is 21.0 Å². The molecule has 92 valence electrons. The van der Waals surface area contributed by atoms with Crippen molar-refractivity contribution in [3.63, 3.8) is 0 Å². The fourth-order valence-corrected chi connectivity index (χ4v) is 2.47. The van der Waals surface area contributed by atoms with Gasteiger partial charge in [0.15, 0.2) is 0 Å². The molecule has 0 saturated carbocycles. The Morgan fingerprint density at radius 1 is 1.11 bits per heavy atom. The molecule has 1 aliphatic rings. The number of rotatable bonds is 2. The summed E-state index contributed by atoms with van der Waals surface area (Å²) in [6.07, 6.45) is 6.27. The van der Waals surface area contributed by atoms with Crippen molar-refractivity contribution in [2.45, 2.75) is 20.8 Å². The summed E-state index contributed by atoms with van der Waals surface area (Å²) in [6, 6.07) is 10.0. The maximum Gasteiger partial charge on any atom is 0.0629 e. The van der Waals surface area contributed by atoms with Gasteiger partial charge < -0.3 is 0 Å². The van der Waals surface area contributed by atoms with Crippen LogP contribution in [0.3, 0.4) is 0 Å². The van der Waals surface area contributed by atoms with E-state index in [0.717, 1.165) is 5.69 Å². The first-order valence-corrected chi connectivity index (χ1v) is 6.82. The predicted octanol–water partition coefficient (Wildman–Crippen LogP) is 5.26. The van der Waals surface area contributed by atoms with E-state index in [4.69, 9.17) is 0 Å². The smallest absolute Gasteiger partial charge is 0.0629 e. The Kier molecular flexibility index (Phi) is 4.21. The van der Waals surface area contributed by atoms with Gasteiger partial charge in [0.1, 0.15) is 0 Å². The average Bonchev–Trinajstić information content (AvgIpc) is 2.40. The summed E-state index contributed by atoms with van der Waals surface area (Å²) < 4.78 is 0. The van der Waals surface area contributed by atoms with Crippen molar-refractivity contribution in [3.05, 3.63) is 63.4 Å². The lowest BCUT2D eigenvalue weighted by Gasteiger charge is -2.12. The molecule has 0 bridgehead atoms. The van der Waals surface area contributed by atoms with Crippen LogP contribution in [0.25, 0.3) is 0 Å². The van der Waals surface area contributed by atoms with E-state index in [0.29, 0.717) is 0 Å². The van der Waals surface area contributed by atoms with Gasteiger partial charge in [-0.2, -0.15) is 0 Å². The summed E-state index contributed by atoms with van der Waals surface area (Å²) in [5, 5.41) is 0. The van der Waals surface area contributed by atoms with Crippen LogP contribution in [0.4, 0.5) is 5.69 Å². The number of para-hydroxylation sites is 1. The van der Waals surface area contributed by atoms with Crippen molar-refractivity contribution in [1.82, 2.24) is 0 Å². The Labute approximate surface area is 113 Å². The summed E-state index contributed by atoms with van der Waals surface area (Å²) in [5.41, 5.74) is 3.54. The topological polar surface area (TPSA) is 12.4 Å². The normalized spacial score (nSPS) is 18.6. The number of aliphatic imine (C=N–C) groups is 1. The van der Waals surface area contributed by atoms with Gasteiger partial charge in [-0.05, 0) is 55.0 Å². The molecule has 1 aromatic rings. The second-order valence-corrected chi connectivity index (χ2v) is 5.57. The molecular formula is C16H17NS. The SMILES string of the molecule is CC1=C(C)S/C(=C(\C)C=Nc2ccccc2)C=C1. The summed E-state index contributed by atoms with van der Waals surface area (Å²) in [7, 11) is 0. The molecule has 0 unspecified atom stereocenters. The molecule has 2 rings (SSSR count). The van der Waals surface area contributed by atoms with Gasteiger partial charge in [-0.3, -0.25) is 4.99 Å². The summed E-state index contributed by atoms with van der Waals surface area (Å²) in [6.45, 7) is 6.40. The second-order valence-electron chi connectivity index (χ2n) is 4.32. The van der Waals surface area contributed by atoms with Crippen LogP contribution in [0.5, 0.6) is 0 Å². The highest BCUT2D eigenvalue weighted by atomic mass is 32.2. The number of thioether (sulfide) groups is 1. The van der Waals surface area contributed by atoms with Gasteiger partial charge in [-0.25, -0.2) is 0 Å². The predicted molar refractivity (Wildman–Crippen MR) is 82.4 cm³/mol. The molecule has 1 aliphatic heterocycles. The van der Waals surface area contributed by atoms with Gasteiger partial charge in [0.05, 0.1) is 5.69 Å². The lowest BCUT2D eigenvalue weighted by Crippen LogP contribution is -1.89. The Bertz CT molecular complexity index is 548. The summed E-state index contributed by atoms with van der Waals surface area (Å²) in [5.74, 6) is 0. The molecule has 0 aliphatic carbocycles. The molecule has 0 N–H and O–H groups in total. The van der Waals surface area contributed by atoms with Gasteiger partial charge in [-0.15, -0.1) is 0 Å². The third-order valence-electron chi connectivity index (χ3n) is 2.86. The molecule has 1 heterocycles. The van der Waals surface area contributed by atoms with E-state index < -0.39 is 0 Å². The molecule has 0 fully saturated rings. The zero-order valence-corrected chi connectivity index (χ0v) is 11.8. The van der Waals surface area contributed by atoms with Gasteiger partial charge in [0.2, 0.25) is 0 Å². The van der Waals surface area contributed by atoms with Crippen molar-refractivity contribution < 1.29 is 0 Å². The Morgan fingerprint density at radius 2 is 1.83 bits per heavy atom. The van der Waals surface area contributed by atoms with Crippen LogP contribution in [0.1, 0.15) is 20.8 Å². The first kappa shape index (κ1) is 12.9. The van der Waals surface area contributed by atoms with Crippen molar-refractivity contribution in [1.29, 1.82) is 0 Å². The monoisotopic (exact) mass is 255 g/mol. The van der Waals surface area contributed by atoms with E-state index in [-0.39, 0.29) is 0 Å². The zero-order chi connectivity index (χ0) is 13.0. The second kappa shape index (κ2) is 5.87. The standard InChI is InChI=1S/C16H17NS/c1-12-9-10-16(18-14(12)3)13(2)11-17-15-7-5-4-6-8-15/h4-11H,1-3H3/b16-13+,17-11?. The minimum atomic E-state index is 0.991. The summed E-state index contributed by atoms with van der Waals surface area (Å²) >= 11 is 1.82. The number of hydrogen-bond donors (Lipinski definition) is 0. The number of nitrogens with zero attached hydrogens (tertiary/aromatic N) is 1. The van der Waals surface area contributed by atoms with Gasteiger partial charge in [0, 0.05) is 11.1 Å². The third kappa shape index (κ3) is 3.23. The molecule has 2 heteroatoms. The van der Waals surface area contributed by atoms with Crippen LogP contribution in [0, 0.1) is 0 Å². The molecule has 1 nitrogen and oxygen atoms in total. The van der Waals surface area contributed by atoms with Crippen LogP contribution in [0.2, 0.25) is 0 Å².